The summed E-state index contributed by atoms with van der Waals surface area (Å²) in [6.45, 7) is 8.16. The van der Waals surface area contributed by atoms with Crippen molar-refractivity contribution in [1.82, 2.24) is 0 Å². The van der Waals surface area contributed by atoms with Crippen LogP contribution in [-0.2, 0) is 24.5 Å². The van der Waals surface area contributed by atoms with E-state index in [1.807, 2.05) is 32.2 Å². The number of hydrogen-bond donors (Lipinski definition) is 0. The monoisotopic (exact) mass is 345 g/mol. The molecular weight excluding hydrogens is 318 g/mol. The maximum Gasteiger partial charge on any atom is 0.325 e. The summed E-state index contributed by atoms with van der Waals surface area (Å²) in [7, 11) is 1.96. The van der Waals surface area contributed by atoms with Crippen LogP contribution < -0.4 is 4.90 Å². The molecule has 1 saturated carbocycles. The number of carbonyl (C=O) groups is 2. The first-order chi connectivity index (χ1) is 11.8. The minimum absolute atomic E-state index is 0.240. The molecule has 0 amide bonds. The molecule has 2 atom stereocenters. The Bertz CT molecular complexity index is 697. The molecule has 1 aliphatic carbocycles. The molecule has 136 valence electrons. The molecule has 0 aromatic heterocycles. The Morgan fingerprint density at radius 3 is 2.16 bits per heavy atom. The van der Waals surface area contributed by atoms with Crippen molar-refractivity contribution < 1.29 is 19.1 Å². The lowest BCUT2D eigenvalue weighted by molar-refractivity contribution is -0.176. The van der Waals surface area contributed by atoms with Crippen molar-refractivity contribution in [3.8, 4) is 0 Å². The number of fused-ring (bicyclic) bond motifs is 3. The van der Waals surface area contributed by atoms with Gasteiger partial charge in [0, 0.05) is 18.2 Å². The summed E-state index contributed by atoms with van der Waals surface area (Å²) >= 11 is 0. The van der Waals surface area contributed by atoms with Crippen molar-refractivity contribution in [2.75, 3.05) is 25.2 Å². The van der Waals surface area contributed by atoms with E-state index in [1.165, 1.54) is 5.56 Å². The molecule has 1 aromatic rings. The minimum Gasteiger partial charge on any atom is -0.465 e. The molecule has 3 rings (SSSR count). The lowest BCUT2D eigenvalue weighted by atomic mass is 9.63. The number of carbonyl (C=O) groups excluding carboxylic acids is 2. The maximum atomic E-state index is 13.1. The summed E-state index contributed by atoms with van der Waals surface area (Å²) in [6.07, 6.45) is 1.15. The zero-order valence-corrected chi connectivity index (χ0v) is 15.7. The van der Waals surface area contributed by atoms with Crippen LogP contribution in [0.2, 0.25) is 0 Å². The Morgan fingerprint density at radius 2 is 1.60 bits per heavy atom. The van der Waals surface area contributed by atoms with E-state index in [9.17, 15) is 9.59 Å². The van der Waals surface area contributed by atoms with Crippen LogP contribution in [0.4, 0.5) is 5.69 Å². The fourth-order valence-electron chi connectivity index (χ4n) is 5.12. The second-order valence-corrected chi connectivity index (χ2v) is 7.33. The molecule has 1 aliphatic heterocycles. The SMILES string of the molecule is CCOC(=O)C1(C(=O)OCC)CC[C@@]2(C)c3ccccc3N(C)[C@@]12C. The van der Waals surface area contributed by atoms with Crippen molar-refractivity contribution >= 4 is 17.6 Å². The number of hydrogen-bond acceptors (Lipinski definition) is 5. The highest BCUT2D eigenvalue weighted by Crippen LogP contribution is 2.67. The van der Waals surface area contributed by atoms with Gasteiger partial charge in [-0.3, -0.25) is 9.59 Å². The van der Waals surface area contributed by atoms with Crippen molar-refractivity contribution in [2.24, 2.45) is 5.41 Å². The maximum absolute atomic E-state index is 13.1. The van der Waals surface area contributed by atoms with Gasteiger partial charge in [-0.15, -0.1) is 0 Å². The van der Waals surface area contributed by atoms with Crippen LogP contribution in [0.3, 0.4) is 0 Å². The van der Waals surface area contributed by atoms with Crippen molar-refractivity contribution in [3.05, 3.63) is 29.8 Å². The van der Waals surface area contributed by atoms with Gasteiger partial charge < -0.3 is 14.4 Å². The van der Waals surface area contributed by atoms with Crippen LogP contribution in [-0.4, -0.2) is 37.7 Å². The van der Waals surface area contributed by atoms with Gasteiger partial charge in [0.2, 0.25) is 0 Å². The van der Waals surface area contributed by atoms with E-state index in [-0.39, 0.29) is 18.6 Å². The van der Waals surface area contributed by atoms with E-state index in [0.717, 1.165) is 12.1 Å². The number of benzene rings is 1. The van der Waals surface area contributed by atoms with Gasteiger partial charge in [-0.1, -0.05) is 25.1 Å². The number of nitrogens with zero attached hydrogens (tertiary/aromatic N) is 1. The molecule has 1 aromatic carbocycles. The van der Waals surface area contributed by atoms with Gasteiger partial charge >= 0.3 is 11.9 Å². The largest absolute Gasteiger partial charge is 0.465 e. The van der Waals surface area contributed by atoms with Crippen molar-refractivity contribution in [1.29, 1.82) is 0 Å². The van der Waals surface area contributed by atoms with E-state index < -0.39 is 22.9 Å². The highest BCUT2D eigenvalue weighted by Gasteiger charge is 2.76. The number of ether oxygens (including phenoxy) is 2. The van der Waals surface area contributed by atoms with Crippen LogP contribution in [0.1, 0.15) is 46.1 Å². The van der Waals surface area contributed by atoms with Crippen LogP contribution in [0.5, 0.6) is 0 Å². The molecule has 0 bridgehead atoms. The molecular formula is C20H27NO4. The second kappa shape index (κ2) is 5.75. The lowest BCUT2D eigenvalue weighted by Gasteiger charge is -2.48. The van der Waals surface area contributed by atoms with Gasteiger partial charge in [0.15, 0.2) is 5.41 Å². The van der Waals surface area contributed by atoms with Crippen LogP contribution >= 0.6 is 0 Å². The van der Waals surface area contributed by atoms with Gasteiger partial charge in [0.05, 0.1) is 18.8 Å². The molecule has 1 fully saturated rings. The third-order valence-electron chi connectivity index (χ3n) is 6.68. The Labute approximate surface area is 149 Å². The summed E-state index contributed by atoms with van der Waals surface area (Å²) < 4.78 is 10.8. The Kier molecular flexibility index (Phi) is 4.09. The van der Waals surface area contributed by atoms with E-state index >= 15 is 0 Å². The van der Waals surface area contributed by atoms with E-state index in [0.29, 0.717) is 6.42 Å². The number of anilines is 1. The van der Waals surface area contributed by atoms with Crippen LogP contribution in [0.25, 0.3) is 0 Å². The van der Waals surface area contributed by atoms with Crippen LogP contribution in [0.15, 0.2) is 24.3 Å². The molecule has 1 heterocycles. The summed E-state index contributed by atoms with van der Waals surface area (Å²) in [6, 6.07) is 8.15. The number of para-hydroxylation sites is 1. The molecule has 0 spiro atoms. The Balaban J connectivity index is 2.23. The summed E-state index contributed by atoms with van der Waals surface area (Å²) in [5.74, 6) is -0.946. The van der Waals surface area contributed by atoms with E-state index in [1.54, 1.807) is 13.8 Å². The highest BCUT2D eigenvalue weighted by atomic mass is 16.6. The topological polar surface area (TPSA) is 55.8 Å². The van der Waals surface area contributed by atoms with Gasteiger partial charge in [0.1, 0.15) is 0 Å². The Morgan fingerprint density at radius 1 is 1.04 bits per heavy atom. The van der Waals surface area contributed by atoms with Gasteiger partial charge in [-0.25, -0.2) is 0 Å². The average Bonchev–Trinajstić information content (AvgIpc) is 2.94. The summed E-state index contributed by atoms with van der Waals surface area (Å²) in [4.78, 5) is 28.3. The summed E-state index contributed by atoms with van der Waals surface area (Å²) in [5, 5.41) is 0. The van der Waals surface area contributed by atoms with Crippen molar-refractivity contribution in [2.45, 2.75) is 51.5 Å². The average molecular weight is 345 g/mol. The van der Waals surface area contributed by atoms with Gasteiger partial charge in [-0.05, 0) is 45.2 Å². The van der Waals surface area contributed by atoms with E-state index in [2.05, 4.69) is 17.9 Å². The standard InChI is InChI=1S/C20H27NO4/c1-6-24-16(22)20(17(23)25-7-2)13-12-18(3)14-10-8-9-11-15(14)21(5)19(18,20)4/h8-11H,6-7,12-13H2,1-5H3/t18-,19+/m0/s1. The molecule has 5 heteroatoms. The third-order valence-corrected chi connectivity index (χ3v) is 6.68. The predicted molar refractivity (Wildman–Crippen MR) is 95.5 cm³/mol. The normalized spacial score (nSPS) is 29.1. The van der Waals surface area contributed by atoms with Gasteiger partial charge in [0.25, 0.3) is 0 Å². The van der Waals surface area contributed by atoms with Crippen molar-refractivity contribution in [3.63, 3.8) is 0 Å². The molecule has 5 nitrogen and oxygen atoms in total. The number of rotatable bonds is 4. The molecule has 0 unspecified atom stereocenters. The quantitative estimate of drug-likeness (QED) is 0.620. The zero-order valence-electron chi connectivity index (χ0n) is 15.7. The third kappa shape index (κ3) is 1.89. The Hall–Kier alpha value is -2.04. The molecule has 0 radical (unpaired) electrons. The number of esters is 2. The van der Waals surface area contributed by atoms with E-state index in [4.69, 9.17) is 9.47 Å². The first kappa shape index (κ1) is 17.8. The highest BCUT2D eigenvalue weighted by molar-refractivity contribution is 6.04. The number of likely N-dealkylation sites (N-methyl/N-ethyl adjacent to an activating group) is 1. The first-order valence-electron chi connectivity index (χ1n) is 8.99. The lowest BCUT2D eigenvalue weighted by Crippen LogP contribution is -2.65. The zero-order chi connectivity index (χ0) is 18.5. The predicted octanol–water partition coefficient (Wildman–Crippen LogP) is 3.06. The van der Waals surface area contributed by atoms with Gasteiger partial charge in [-0.2, -0.15) is 0 Å². The fourth-order valence-corrected chi connectivity index (χ4v) is 5.12. The van der Waals surface area contributed by atoms with Crippen LogP contribution in [0, 0.1) is 5.41 Å². The second-order valence-electron chi connectivity index (χ2n) is 7.33. The molecule has 0 N–H and O–H groups in total. The summed E-state index contributed by atoms with van der Waals surface area (Å²) in [5.41, 5.74) is -0.178. The molecule has 25 heavy (non-hydrogen) atoms. The minimum atomic E-state index is -1.33. The first-order valence-corrected chi connectivity index (χ1v) is 8.99. The molecule has 2 aliphatic rings. The smallest absolute Gasteiger partial charge is 0.325 e. The fraction of sp³-hybridized carbons (Fsp3) is 0.600. The molecule has 0 saturated heterocycles.